The van der Waals surface area contributed by atoms with Gasteiger partial charge in [0.25, 0.3) is 11.6 Å². The molecule has 0 bridgehead atoms. The Hall–Kier alpha value is -2.73. The van der Waals surface area contributed by atoms with Gasteiger partial charge in [0.1, 0.15) is 11.1 Å². The number of carbonyl (C=O) groups excluding carboxylic acids is 1. The molecule has 1 aliphatic heterocycles. The topological polar surface area (TPSA) is 66.7 Å². The van der Waals surface area contributed by atoms with E-state index >= 15 is 0 Å². The van der Waals surface area contributed by atoms with Crippen molar-refractivity contribution in [2.24, 2.45) is 0 Å². The Balaban J connectivity index is 2.10. The number of nitrogens with zero attached hydrogens (tertiary/aromatic N) is 3. The summed E-state index contributed by atoms with van der Waals surface area (Å²) in [4.78, 5) is 25.6. The maximum Gasteiger partial charge on any atom is 0.423 e. The molecule has 1 heterocycles. The Kier molecular flexibility index (Phi) is 5.50. The first-order valence-electron chi connectivity index (χ1n) is 8.32. The molecule has 158 valence electrons. The molecule has 0 aliphatic carbocycles. The van der Waals surface area contributed by atoms with Crippen LogP contribution in [0.15, 0.2) is 47.4 Å². The van der Waals surface area contributed by atoms with E-state index in [0.29, 0.717) is 22.7 Å². The van der Waals surface area contributed by atoms with Crippen LogP contribution in [0.25, 0.3) is 0 Å². The van der Waals surface area contributed by atoms with Crippen LogP contribution in [-0.2, 0) is 11.0 Å². The number of thiocarbonyl (C=S) groups is 1. The second-order valence-corrected chi connectivity index (χ2v) is 7.84. The lowest BCUT2D eigenvalue weighted by atomic mass is 10.0. The third kappa shape index (κ3) is 3.60. The van der Waals surface area contributed by atoms with Crippen LogP contribution in [0, 0.1) is 10.1 Å². The number of amides is 1. The monoisotopic (exact) mass is 459 g/mol. The number of halogens is 4. The standard InChI is InChI=1S/C18H13F4N3O3S2/c1-17(2)15(26)23(16(29)24(17)10-3-6-12(30-22)7-4-10)11-5-8-14(25(27)28)13(9-11)18(19,20)21/h3-9H,1-2H3. The van der Waals surface area contributed by atoms with Gasteiger partial charge in [-0.2, -0.15) is 17.1 Å². The molecule has 1 fully saturated rings. The Morgan fingerprint density at radius 3 is 2.17 bits per heavy atom. The second-order valence-electron chi connectivity index (χ2n) is 6.84. The number of anilines is 2. The van der Waals surface area contributed by atoms with Gasteiger partial charge < -0.3 is 4.90 Å². The lowest BCUT2D eigenvalue weighted by Gasteiger charge is -2.29. The number of carbonyl (C=O) groups is 1. The van der Waals surface area contributed by atoms with Crippen molar-refractivity contribution in [1.29, 1.82) is 0 Å². The molecule has 12 heteroatoms. The number of hydrogen-bond donors (Lipinski definition) is 0. The van der Waals surface area contributed by atoms with E-state index in [1.165, 1.54) is 43.0 Å². The van der Waals surface area contributed by atoms with E-state index in [2.05, 4.69) is 0 Å². The minimum atomic E-state index is -5.00. The summed E-state index contributed by atoms with van der Waals surface area (Å²) in [6, 6.07) is 8.27. The first-order valence-corrected chi connectivity index (χ1v) is 9.45. The summed E-state index contributed by atoms with van der Waals surface area (Å²) in [5.41, 5.74) is -3.67. The van der Waals surface area contributed by atoms with Gasteiger partial charge in [0, 0.05) is 16.6 Å². The van der Waals surface area contributed by atoms with Gasteiger partial charge in [-0.1, -0.05) is 0 Å². The molecule has 2 aromatic rings. The summed E-state index contributed by atoms with van der Waals surface area (Å²) in [5.74, 6) is -0.613. The predicted octanol–water partition coefficient (Wildman–Crippen LogP) is 5.51. The van der Waals surface area contributed by atoms with Gasteiger partial charge >= 0.3 is 6.18 Å². The van der Waals surface area contributed by atoms with Crippen molar-refractivity contribution < 1.29 is 26.8 Å². The summed E-state index contributed by atoms with van der Waals surface area (Å²) < 4.78 is 52.8. The fourth-order valence-corrected chi connectivity index (χ4v) is 3.91. The number of alkyl halides is 3. The molecule has 0 aromatic heterocycles. The lowest BCUT2D eigenvalue weighted by Crippen LogP contribution is -2.44. The van der Waals surface area contributed by atoms with Gasteiger partial charge in [0.2, 0.25) is 0 Å². The summed E-state index contributed by atoms with van der Waals surface area (Å²) in [6.07, 6.45) is -5.00. The summed E-state index contributed by atoms with van der Waals surface area (Å²) in [6.45, 7) is 3.07. The Morgan fingerprint density at radius 1 is 1.10 bits per heavy atom. The molecule has 2 aromatic carbocycles. The molecule has 0 saturated carbocycles. The van der Waals surface area contributed by atoms with Gasteiger partial charge in [-0.05, 0) is 62.5 Å². The number of nitro benzene ring substituents is 1. The van der Waals surface area contributed by atoms with E-state index in [1.54, 1.807) is 0 Å². The van der Waals surface area contributed by atoms with Crippen LogP contribution in [0.4, 0.5) is 34.1 Å². The molecule has 1 amide bonds. The average molecular weight is 459 g/mol. The normalized spacial score (nSPS) is 16.3. The molecular formula is C18H13F4N3O3S2. The largest absolute Gasteiger partial charge is 0.423 e. The van der Waals surface area contributed by atoms with Crippen LogP contribution in [0.2, 0.25) is 0 Å². The van der Waals surface area contributed by atoms with Gasteiger partial charge in [-0.25, -0.2) is 0 Å². The van der Waals surface area contributed by atoms with Crippen molar-refractivity contribution in [3.8, 4) is 0 Å². The number of nitro groups is 1. The van der Waals surface area contributed by atoms with Crippen LogP contribution in [0.3, 0.4) is 0 Å². The van der Waals surface area contributed by atoms with Crippen LogP contribution in [-0.4, -0.2) is 21.5 Å². The van der Waals surface area contributed by atoms with Gasteiger partial charge in [-0.15, -0.1) is 0 Å². The molecule has 1 aliphatic rings. The first-order chi connectivity index (χ1) is 13.9. The molecular weight excluding hydrogens is 446 g/mol. The quantitative estimate of drug-likeness (QED) is 0.260. The number of hydrogen-bond acceptors (Lipinski definition) is 5. The van der Waals surface area contributed by atoms with E-state index in [9.17, 15) is 32.0 Å². The van der Waals surface area contributed by atoms with Crippen LogP contribution < -0.4 is 9.80 Å². The predicted molar refractivity (Wildman–Crippen MR) is 108 cm³/mol. The fraction of sp³-hybridized carbons (Fsp3) is 0.222. The van der Waals surface area contributed by atoms with E-state index < -0.39 is 33.8 Å². The van der Waals surface area contributed by atoms with Crippen molar-refractivity contribution in [1.82, 2.24) is 0 Å². The molecule has 1 saturated heterocycles. The number of benzene rings is 2. The maximum atomic E-state index is 13.4. The molecule has 0 unspecified atom stereocenters. The zero-order chi connectivity index (χ0) is 22.4. The Morgan fingerprint density at radius 2 is 1.67 bits per heavy atom. The Bertz CT molecular complexity index is 1040. The minimum absolute atomic E-state index is 0.0359. The van der Waals surface area contributed by atoms with Crippen LogP contribution >= 0.6 is 24.4 Å². The van der Waals surface area contributed by atoms with Crippen molar-refractivity contribution in [2.75, 3.05) is 9.80 Å². The van der Waals surface area contributed by atoms with E-state index in [1.807, 2.05) is 0 Å². The molecule has 6 nitrogen and oxygen atoms in total. The first kappa shape index (κ1) is 22.0. The highest BCUT2D eigenvalue weighted by atomic mass is 32.2. The molecule has 0 spiro atoms. The molecule has 0 N–H and O–H groups in total. The van der Waals surface area contributed by atoms with E-state index in [-0.39, 0.29) is 22.9 Å². The highest BCUT2D eigenvalue weighted by Gasteiger charge is 2.51. The summed E-state index contributed by atoms with van der Waals surface area (Å²) in [7, 11) is 0. The highest BCUT2D eigenvalue weighted by molar-refractivity contribution is 7.94. The molecule has 3 rings (SSSR count). The minimum Gasteiger partial charge on any atom is -0.304 e. The van der Waals surface area contributed by atoms with Crippen molar-refractivity contribution >= 4 is 52.4 Å². The maximum absolute atomic E-state index is 13.4. The van der Waals surface area contributed by atoms with Gasteiger partial charge in [0.05, 0.1) is 22.8 Å². The molecule has 0 atom stereocenters. The van der Waals surface area contributed by atoms with E-state index in [0.717, 1.165) is 11.0 Å². The Labute approximate surface area is 177 Å². The number of rotatable bonds is 4. The SMILES string of the molecule is CC1(C)C(=O)N(c2ccc([N+](=O)[O-])c(C(F)(F)F)c2)C(=S)N1c1ccc(SF)cc1. The van der Waals surface area contributed by atoms with Crippen LogP contribution in [0.5, 0.6) is 0 Å². The third-order valence-electron chi connectivity index (χ3n) is 4.59. The lowest BCUT2D eigenvalue weighted by molar-refractivity contribution is -0.388. The second kappa shape index (κ2) is 7.51. The summed E-state index contributed by atoms with van der Waals surface area (Å²) >= 11 is 5.41. The van der Waals surface area contributed by atoms with Gasteiger partial charge in [0.15, 0.2) is 5.11 Å². The van der Waals surface area contributed by atoms with Gasteiger partial charge in [-0.3, -0.25) is 19.8 Å². The molecule has 0 radical (unpaired) electrons. The summed E-state index contributed by atoms with van der Waals surface area (Å²) in [5, 5.41) is 10.9. The zero-order valence-corrected chi connectivity index (χ0v) is 17.1. The van der Waals surface area contributed by atoms with E-state index in [4.69, 9.17) is 12.2 Å². The smallest absolute Gasteiger partial charge is 0.304 e. The average Bonchev–Trinajstić information content (AvgIpc) is 2.85. The van der Waals surface area contributed by atoms with Crippen molar-refractivity contribution in [3.63, 3.8) is 0 Å². The highest BCUT2D eigenvalue weighted by Crippen LogP contribution is 2.41. The molecule has 30 heavy (non-hydrogen) atoms. The zero-order valence-electron chi connectivity index (χ0n) is 15.4. The van der Waals surface area contributed by atoms with Crippen molar-refractivity contribution in [2.45, 2.75) is 30.5 Å². The van der Waals surface area contributed by atoms with Crippen molar-refractivity contribution in [3.05, 3.63) is 58.1 Å². The van der Waals surface area contributed by atoms with Crippen LogP contribution in [0.1, 0.15) is 19.4 Å². The fourth-order valence-electron chi connectivity index (χ4n) is 3.15. The third-order valence-corrected chi connectivity index (χ3v) is 5.41.